The fraction of sp³-hybridized carbons (Fsp3) is 0.125. The second-order valence-corrected chi connectivity index (χ2v) is 10.6. The van der Waals surface area contributed by atoms with Crippen molar-refractivity contribution in [3.05, 3.63) is 135 Å². The van der Waals surface area contributed by atoms with Crippen LogP contribution >= 0.6 is 27.5 Å². The summed E-state index contributed by atoms with van der Waals surface area (Å²) in [6.45, 7) is 4.73. The third kappa shape index (κ3) is 7.28. The van der Waals surface area contributed by atoms with Crippen molar-refractivity contribution in [2.45, 2.75) is 27.1 Å². The maximum absolute atomic E-state index is 12.5. The van der Waals surface area contributed by atoms with Gasteiger partial charge in [-0.25, -0.2) is 5.43 Å². The number of rotatable bonds is 10. The highest BCUT2D eigenvalue weighted by Gasteiger charge is 2.11. The lowest BCUT2D eigenvalue weighted by Crippen LogP contribution is -2.16. The maximum Gasteiger partial charge on any atom is 0.307 e. The summed E-state index contributed by atoms with van der Waals surface area (Å²) in [4.78, 5) is 12.5. The van der Waals surface area contributed by atoms with Gasteiger partial charge in [0.1, 0.15) is 30.5 Å². The number of nitrogens with one attached hydrogen (secondary N) is 1. The van der Waals surface area contributed by atoms with Crippen molar-refractivity contribution in [3.63, 3.8) is 0 Å². The predicted molar refractivity (Wildman–Crippen MR) is 163 cm³/mol. The summed E-state index contributed by atoms with van der Waals surface area (Å²) in [5.41, 5.74) is 7.60. The van der Waals surface area contributed by atoms with Crippen molar-refractivity contribution < 1.29 is 18.7 Å². The van der Waals surface area contributed by atoms with Crippen LogP contribution in [-0.2, 0) is 13.2 Å². The van der Waals surface area contributed by atoms with Gasteiger partial charge in [0.05, 0.1) is 11.2 Å². The molecule has 0 atom stereocenters. The minimum Gasteiger partial charge on any atom is -0.487 e. The van der Waals surface area contributed by atoms with Crippen LogP contribution in [0.4, 0.5) is 0 Å². The Hall–Kier alpha value is -4.27. The van der Waals surface area contributed by atoms with Crippen LogP contribution in [0.15, 0.2) is 105 Å². The van der Waals surface area contributed by atoms with Gasteiger partial charge in [-0.3, -0.25) is 4.79 Å². The molecule has 5 rings (SSSR count). The minimum absolute atomic E-state index is 0.129. The zero-order chi connectivity index (χ0) is 28.8. The maximum atomic E-state index is 12.5. The van der Waals surface area contributed by atoms with Crippen molar-refractivity contribution in [2.75, 3.05) is 0 Å². The molecule has 0 aliphatic carbocycles. The minimum atomic E-state index is -0.477. The normalized spacial score (nSPS) is 11.1. The highest BCUT2D eigenvalue weighted by atomic mass is 79.9. The Kier molecular flexibility index (Phi) is 8.91. The molecule has 41 heavy (non-hydrogen) atoms. The predicted octanol–water partition coefficient (Wildman–Crippen LogP) is 8.02. The molecule has 0 fully saturated rings. The average Bonchev–Trinajstić information content (AvgIpc) is 3.58. The van der Waals surface area contributed by atoms with Crippen LogP contribution in [0.1, 0.15) is 38.8 Å². The number of amides is 1. The summed E-state index contributed by atoms with van der Waals surface area (Å²) in [6, 6.07) is 28.4. The Balaban J connectivity index is 1.10. The Morgan fingerprint density at radius 2 is 1.66 bits per heavy atom. The first-order chi connectivity index (χ1) is 19.9. The first-order valence-corrected chi connectivity index (χ1v) is 14.0. The summed E-state index contributed by atoms with van der Waals surface area (Å²) in [5, 5.41) is 4.46. The number of nitrogens with zero attached hydrogens (tertiary/aromatic N) is 2. The van der Waals surface area contributed by atoms with Crippen LogP contribution in [0, 0.1) is 13.8 Å². The van der Waals surface area contributed by atoms with E-state index in [1.807, 2.05) is 48.5 Å². The summed E-state index contributed by atoms with van der Waals surface area (Å²) < 4.78 is 20.5. The fourth-order valence-electron chi connectivity index (χ4n) is 4.18. The smallest absolute Gasteiger partial charge is 0.307 e. The number of aromatic nitrogens is 1. The zero-order valence-electron chi connectivity index (χ0n) is 22.4. The molecule has 0 saturated heterocycles. The summed E-state index contributed by atoms with van der Waals surface area (Å²) >= 11 is 9.79. The second-order valence-electron chi connectivity index (χ2n) is 9.30. The van der Waals surface area contributed by atoms with E-state index in [0.717, 1.165) is 15.7 Å². The van der Waals surface area contributed by atoms with Gasteiger partial charge in [0.25, 0.3) is 0 Å². The number of hydrogen-bond donors (Lipinski definition) is 1. The van der Waals surface area contributed by atoms with Gasteiger partial charge < -0.3 is 18.5 Å². The van der Waals surface area contributed by atoms with Gasteiger partial charge in [0, 0.05) is 21.5 Å². The van der Waals surface area contributed by atoms with Gasteiger partial charge in [0.2, 0.25) is 0 Å². The van der Waals surface area contributed by atoms with Crippen molar-refractivity contribution in [1.29, 1.82) is 0 Å². The molecular weight excluding hydrogens is 606 g/mol. The molecule has 0 unspecified atom stereocenters. The molecule has 7 nitrogen and oxygen atoms in total. The number of hydrazone groups is 1. The third-order valence-corrected chi connectivity index (χ3v) is 7.10. The standard InChI is InChI=1S/C32H27BrClN3O4/c1-21-3-4-22(2)37(21)26-10-12-27(13-11-26)39-20-28-14-16-31(41-28)32(38)36-35-18-24-7-15-30(29(34)17-24)40-19-23-5-8-25(33)9-6-23/h3-18H,19-20H2,1-2H3,(H,36,38)/b35-18+. The number of benzene rings is 3. The molecule has 1 amide bonds. The molecule has 0 saturated carbocycles. The summed E-state index contributed by atoms with van der Waals surface area (Å²) in [7, 11) is 0. The van der Waals surface area contributed by atoms with E-state index in [2.05, 4.69) is 57.0 Å². The van der Waals surface area contributed by atoms with E-state index in [0.29, 0.717) is 34.5 Å². The van der Waals surface area contributed by atoms with E-state index < -0.39 is 5.91 Å². The van der Waals surface area contributed by atoms with Gasteiger partial charge in [-0.15, -0.1) is 0 Å². The molecular formula is C32H27BrClN3O4. The topological polar surface area (TPSA) is 78.0 Å². The molecule has 208 valence electrons. The quantitative estimate of drug-likeness (QED) is 0.125. The first-order valence-electron chi connectivity index (χ1n) is 12.8. The largest absolute Gasteiger partial charge is 0.487 e. The lowest BCUT2D eigenvalue weighted by molar-refractivity contribution is 0.0923. The zero-order valence-corrected chi connectivity index (χ0v) is 24.8. The van der Waals surface area contributed by atoms with E-state index in [4.69, 9.17) is 25.5 Å². The van der Waals surface area contributed by atoms with Gasteiger partial charge in [-0.1, -0.05) is 39.7 Å². The second kappa shape index (κ2) is 12.9. The lowest BCUT2D eigenvalue weighted by atomic mass is 10.2. The van der Waals surface area contributed by atoms with E-state index in [1.54, 1.807) is 30.3 Å². The van der Waals surface area contributed by atoms with Crippen LogP contribution in [-0.4, -0.2) is 16.7 Å². The molecule has 0 aliphatic heterocycles. The third-order valence-electron chi connectivity index (χ3n) is 6.28. The molecule has 2 heterocycles. The first kappa shape index (κ1) is 28.3. The Labute approximate surface area is 251 Å². The number of ether oxygens (including phenoxy) is 2. The highest BCUT2D eigenvalue weighted by molar-refractivity contribution is 9.10. The van der Waals surface area contributed by atoms with Crippen molar-refractivity contribution in [3.8, 4) is 17.2 Å². The van der Waals surface area contributed by atoms with Crippen molar-refractivity contribution >= 4 is 39.7 Å². The molecule has 0 bridgehead atoms. The SMILES string of the molecule is Cc1ccc(C)n1-c1ccc(OCc2ccc(C(=O)N/N=C/c3ccc(OCc4ccc(Br)cc4)c(Cl)c3)o2)cc1. The van der Waals surface area contributed by atoms with E-state index in [1.165, 1.54) is 17.6 Å². The van der Waals surface area contributed by atoms with Crippen LogP contribution in [0.25, 0.3) is 5.69 Å². The lowest BCUT2D eigenvalue weighted by Gasteiger charge is -2.10. The van der Waals surface area contributed by atoms with Crippen LogP contribution in [0.5, 0.6) is 11.5 Å². The number of carbonyl (C=O) groups is 1. The molecule has 0 radical (unpaired) electrons. The Morgan fingerprint density at radius 3 is 2.37 bits per heavy atom. The molecule has 5 aromatic rings. The van der Waals surface area contributed by atoms with Gasteiger partial charge in [-0.05, 0) is 104 Å². The van der Waals surface area contributed by atoms with Gasteiger partial charge in [0.15, 0.2) is 5.76 Å². The Morgan fingerprint density at radius 1 is 0.927 bits per heavy atom. The molecule has 9 heteroatoms. The number of halogens is 2. The number of hydrogen-bond acceptors (Lipinski definition) is 5. The summed E-state index contributed by atoms with van der Waals surface area (Å²) in [6.07, 6.45) is 1.50. The van der Waals surface area contributed by atoms with Crippen molar-refractivity contribution in [2.24, 2.45) is 5.10 Å². The average molecular weight is 633 g/mol. The molecule has 2 aromatic heterocycles. The monoisotopic (exact) mass is 631 g/mol. The van der Waals surface area contributed by atoms with Crippen LogP contribution in [0.2, 0.25) is 5.02 Å². The Bertz CT molecular complexity index is 1650. The van der Waals surface area contributed by atoms with E-state index >= 15 is 0 Å². The van der Waals surface area contributed by atoms with Crippen molar-refractivity contribution in [1.82, 2.24) is 9.99 Å². The van der Waals surface area contributed by atoms with Gasteiger partial charge >= 0.3 is 5.91 Å². The van der Waals surface area contributed by atoms with Crippen LogP contribution < -0.4 is 14.9 Å². The fourth-order valence-corrected chi connectivity index (χ4v) is 4.68. The molecule has 0 spiro atoms. The molecule has 0 aliphatic rings. The van der Waals surface area contributed by atoms with E-state index in [9.17, 15) is 4.79 Å². The molecule has 3 aromatic carbocycles. The molecule has 1 N–H and O–H groups in total. The number of furan rings is 1. The van der Waals surface area contributed by atoms with E-state index in [-0.39, 0.29) is 12.4 Å². The summed E-state index contributed by atoms with van der Waals surface area (Å²) in [5.74, 6) is 1.43. The van der Waals surface area contributed by atoms with Gasteiger partial charge in [-0.2, -0.15) is 5.10 Å². The van der Waals surface area contributed by atoms with Crippen LogP contribution in [0.3, 0.4) is 0 Å². The number of aryl methyl sites for hydroxylation is 2. The highest BCUT2D eigenvalue weighted by Crippen LogP contribution is 2.26. The number of carbonyl (C=O) groups excluding carboxylic acids is 1.